The first-order valence-electron chi connectivity index (χ1n) is 24.2. The van der Waals surface area contributed by atoms with Gasteiger partial charge in [-0.25, -0.2) is 0 Å². The Morgan fingerprint density at radius 1 is 0.239 bits per heavy atom. The fraction of sp³-hybridized carbons (Fsp3) is 0. The van der Waals surface area contributed by atoms with E-state index in [-0.39, 0.29) is 0 Å². The van der Waals surface area contributed by atoms with E-state index >= 15 is 0 Å². The third-order valence-electron chi connectivity index (χ3n) is 14.5. The van der Waals surface area contributed by atoms with Gasteiger partial charge in [0.2, 0.25) is 0 Å². The molecule has 3 aromatic heterocycles. The Morgan fingerprint density at radius 2 is 0.521 bits per heavy atom. The summed E-state index contributed by atoms with van der Waals surface area (Å²) in [5.74, 6) is 0. The quantitative estimate of drug-likeness (QED) is 0.157. The molecule has 3 heterocycles. The van der Waals surface area contributed by atoms with E-state index in [4.69, 9.17) is 0 Å². The highest BCUT2D eigenvalue weighted by Crippen LogP contribution is 2.52. The number of nitrogens with zero attached hydrogens (tertiary/aromatic N) is 4. The first kappa shape index (κ1) is 40.4. The van der Waals surface area contributed by atoms with Crippen molar-refractivity contribution in [2.24, 2.45) is 0 Å². The van der Waals surface area contributed by atoms with Crippen molar-refractivity contribution in [2.45, 2.75) is 0 Å². The number of aromatic nitrogens is 3. The van der Waals surface area contributed by atoms with Crippen molar-refractivity contribution >= 4 is 65.4 Å². The summed E-state index contributed by atoms with van der Waals surface area (Å²) in [7, 11) is 0. The van der Waals surface area contributed by atoms with Crippen molar-refractivity contribution in [1.82, 2.24) is 13.7 Å². The molecule has 0 unspecified atom stereocenters. The van der Waals surface area contributed by atoms with Gasteiger partial charge in [-0.2, -0.15) is 5.26 Å². The van der Waals surface area contributed by atoms with E-state index in [0.717, 1.165) is 127 Å². The van der Waals surface area contributed by atoms with Crippen LogP contribution in [-0.2, 0) is 0 Å². The van der Waals surface area contributed by atoms with Crippen LogP contribution in [0.15, 0.2) is 255 Å². The van der Waals surface area contributed by atoms with Crippen LogP contribution in [-0.4, -0.2) is 13.7 Å². The molecule has 11 aromatic carbocycles. The zero-order valence-electron chi connectivity index (χ0n) is 38.5. The second kappa shape index (κ2) is 16.2. The van der Waals surface area contributed by atoms with Crippen LogP contribution in [0.2, 0.25) is 0 Å². The molecule has 0 bridgehead atoms. The van der Waals surface area contributed by atoms with Gasteiger partial charge in [0.05, 0.1) is 55.7 Å². The molecule has 4 nitrogen and oxygen atoms in total. The minimum absolute atomic E-state index is 0.596. The van der Waals surface area contributed by atoms with E-state index in [0.29, 0.717) is 5.56 Å². The minimum Gasteiger partial charge on any atom is -0.306 e. The van der Waals surface area contributed by atoms with Gasteiger partial charge in [-0.1, -0.05) is 206 Å². The molecule has 4 heteroatoms. The molecule has 0 spiro atoms. The Bertz CT molecular complexity index is 4060. The Hall–Kier alpha value is -9.69. The van der Waals surface area contributed by atoms with Crippen LogP contribution < -0.4 is 0 Å². The lowest BCUT2D eigenvalue weighted by Crippen LogP contribution is -2.14. The zero-order valence-corrected chi connectivity index (χ0v) is 38.5. The van der Waals surface area contributed by atoms with Gasteiger partial charge in [-0.3, -0.25) is 0 Å². The average Bonchev–Trinajstić information content (AvgIpc) is 4.08. The highest BCUT2D eigenvalue weighted by Gasteiger charge is 2.33. The van der Waals surface area contributed by atoms with E-state index in [1.807, 2.05) is 0 Å². The molecular weight excluding hydrogens is 861 g/mol. The van der Waals surface area contributed by atoms with Gasteiger partial charge in [-0.05, 0) is 81.9 Å². The fourth-order valence-corrected chi connectivity index (χ4v) is 11.5. The topological polar surface area (TPSA) is 38.6 Å². The average molecular weight is 903 g/mol. The van der Waals surface area contributed by atoms with Crippen molar-refractivity contribution in [3.63, 3.8) is 0 Å². The molecule has 0 atom stereocenters. The van der Waals surface area contributed by atoms with Crippen LogP contribution in [0.5, 0.6) is 0 Å². The zero-order chi connectivity index (χ0) is 47.0. The van der Waals surface area contributed by atoms with E-state index in [9.17, 15) is 5.26 Å². The van der Waals surface area contributed by atoms with Crippen molar-refractivity contribution in [2.75, 3.05) is 0 Å². The third kappa shape index (κ3) is 6.17. The van der Waals surface area contributed by atoms with Crippen LogP contribution in [0, 0.1) is 11.3 Å². The minimum atomic E-state index is 0.596. The second-order valence-corrected chi connectivity index (χ2v) is 18.3. The summed E-state index contributed by atoms with van der Waals surface area (Å²) < 4.78 is 7.42. The first-order chi connectivity index (χ1) is 35.2. The van der Waals surface area contributed by atoms with Crippen LogP contribution in [0.4, 0.5) is 0 Å². The summed E-state index contributed by atoms with van der Waals surface area (Å²) in [6, 6.07) is 94.2. The fourth-order valence-electron chi connectivity index (χ4n) is 11.5. The summed E-state index contributed by atoms with van der Waals surface area (Å²) in [6.45, 7) is 0. The molecule has 0 saturated heterocycles. The monoisotopic (exact) mass is 902 g/mol. The molecule has 0 aliphatic heterocycles. The maximum atomic E-state index is 12.2. The Morgan fingerprint density at radius 3 is 0.859 bits per heavy atom. The van der Waals surface area contributed by atoms with Crippen LogP contribution in [0.1, 0.15) is 5.56 Å². The predicted octanol–water partition coefficient (Wildman–Crippen LogP) is 17.5. The number of benzene rings is 11. The molecule has 0 N–H and O–H groups in total. The van der Waals surface area contributed by atoms with Gasteiger partial charge < -0.3 is 13.7 Å². The summed E-state index contributed by atoms with van der Waals surface area (Å²) in [5.41, 5.74) is 17.9. The molecule has 0 radical (unpaired) electrons. The normalized spacial score (nSPS) is 11.6. The summed E-state index contributed by atoms with van der Waals surface area (Å²) in [6.07, 6.45) is 0. The van der Waals surface area contributed by atoms with Gasteiger partial charge in [0.15, 0.2) is 0 Å². The number of para-hydroxylation sites is 4. The molecule has 0 aliphatic carbocycles. The van der Waals surface area contributed by atoms with Gasteiger partial charge in [0.25, 0.3) is 0 Å². The van der Waals surface area contributed by atoms with Gasteiger partial charge in [0, 0.05) is 43.4 Å². The van der Waals surface area contributed by atoms with E-state index in [1.54, 1.807) is 0 Å². The maximum Gasteiger partial charge on any atom is 0.101 e. The molecule has 0 amide bonds. The van der Waals surface area contributed by atoms with Crippen LogP contribution >= 0.6 is 0 Å². The molecule has 0 fully saturated rings. The lowest BCUT2D eigenvalue weighted by atomic mass is 9.87. The first-order valence-corrected chi connectivity index (χ1v) is 24.2. The Labute approximate surface area is 410 Å². The highest BCUT2D eigenvalue weighted by molar-refractivity contribution is 6.17. The molecule has 0 saturated carbocycles. The summed E-state index contributed by atoms with van der Waals surface area (Å²) in [4.78, 5) is 0. The van der Waals surface area contributed by atoms with Crippen molar-refractivity contribution < 1.29 is 0 Å². The number of fused-ring (bicyclic) bond motifs is 9. The lowest BCUT2D eigenvalue weighted by Gasteiger charge is -2.29. The largest absolute Gasteiger partial charge is 0.306 e. The number of hydrogen-bond donors (Lipinski definition) is 0. The molecule has 71 heavy (non-hydrogen) atoms. The van der Waals surface area contributed by atoms with Crippen LogP contribution in [0.25, 0.3) is 127 Å². The smallest absolute Gasteiger partial charge is 0.101 e. The molecule has 14 rings (SSSR count). The number of nitriles is 1. The van der Waals surface area contributed by atoms with E-state index < -0.39 is 0 Å². The standard InChI is InChI=1S/C67H42N4/c68-43-56-63(46-25-9-3-10-26-46)65(69-57-33-17-13-29-50(57)51-30-14-18-34-58(51)69)67(66(64(56)47-27-11-4-12-28-47)70-59-35-19-15-31-52(59)53-32-16-20-36-60(53)70)71-61-39-37-48(44-21-5-1-6-22-44)41-54(61)55-42-49(38-40-62(55)71)45-23-7-2-8-24-45/h1-42H. The summed E-state index contributed by atoms with van der Waals surface area (Å²) in [5, 5.41) is 19.0. The second-order valence-electron chi connectivity index (χ2n) is 18.3. The summed E-state index contributed by atoms with van der Waals surface area (Å²) >= 11 is 0. The number of rotatable bonds is 7. The van der Waals surface area contributed by atoms with Crippen molar-refractivity contribution in [3.05, 3.63) is 260 Å². The van der Waals surface area contributed by atoms with E-state index in [2.05, 4.69) is 275 Å². The van der Waals surface area contributed by atoms with Gasteiger partial charge in [0.1, 0.15) is 6.07 Å². The third-order valence-corrected chi connectivity index (χ3v) is 14.5. The van der Waals surface area contributed by atoms with Crippen molar-refractivity contribution in [1.29, 1.82) is 5.26 Å². The Balaban J connectivity index is 1.30. The molecule has 0 aliphatic rings. The van der Waals surface area contributed by atoms with Crippen LogP contribution in [0.3, 0.4) is 0 Å². The SMILES string of the molecule is N#Cc1c(-c2ccccc2)c(-n2c3ccccc3c3ccccc32)c(-n2c3ccc(-c4ccccc4)cc3c3cc(-c4ccccc4)ccc32)c(-n2c3ccccc3c3ccccc32)c1-c1ccccc1. The molecule has 14 aromatic rings. The molecular formula is C67H42N4. The van der Waals surface area contributed by atoms with Gasteiger partial charge in [-0.15, -0.1) is 0 Å². The lowest BCUT2D eigenvalue weighted by molar-refractivity contribution is 1.05. The highest BCUT2D eigenvalue weighted by atomic mass is 15.1. The van der Waals surface area contributed by atoms with Gasteiger partial charge >= 0.3 is 0 Å². The molecule has 330 valence electrons. The van der Waals surface area contributed by atoms with Crippen molar-refractivity contribution in [3.8, 4) is 67.6 Å². The van der Waals surface area contributed by atoms with E-state index in [1.165, 1.54) is 0 Å². The Kier molecular flexibility index (Phi) is 9.23. The maximum absolute atomic E-state index is 12.2. The predicted molar refractivity (Wildman–Crippen MR) is 296 cm³/mol. The number of hydrogen-bond acceptors (Lipinski definition) is 1.